The monoisotopic (exact) mass is 309 g/mol. The fourth-order valence-electron chi connectivity index (χ4n) is 1.91. The van der Waals surface area contributed by atoms with Crippen molar-refractivity contribution in [2.24, 2.45) is 0 Å². The number of ether oxygens (including phenoxy) is 1. The van der Waals surface area contributed by atoms with Gasteiger partial charge in [0, 0.05) is 30.9 Å². The Bertz CT molecular complexity index is 465. The summed E-state index contributed by atoms with van der Waals surface area (Å²) in [6.07, 6.45) is -1.17. The highest BCUT2D eigenvalue weighted by molar-refractivity contribution is 5.84. The zero-order chi connectivity index (χ0) is 16.5. The van der Waals surface area contributed by atoms with Crippen LogP contribution >= 0.6 is 0 Å². The van der Waals surface area contributed by atoms with Gasteiger partial charge >= 0.3 is 0 Å². The van der Waals surface area contributed by atoms with Crippen LogP contribution < -0.4 is 20.1 Å². The third-order valence-electron chi connectivity index (χ3n) is 3.00. The van der Waals surface area contributed by atoms with Crippen LogP contribution in [0, 0.1) is 0 Å². The number of aliphatic hydroxyl groups excluding tert-OH is 1. The van der Waals surface area contributed by atoms with Crippen molar-refractivity contribution in [3.63, 3.8) is 0 Å². The van der Waals surface area contributed by atoms with Crippen LogP contribution in [0.2, 0.25) is 0 Å². The van der Waals surface area contributed by atoms with Crippen molar-refractivity contribution in [1.29, 1.82) is 0 Å². The summed E-state index contributed by atoms with van der Waals surface area (Å²) < 4.78 is 5.52. The molecule has 1 atom stereocenters. The minimum Gasteiger partial charge on any atom is -0.530 e. The van der Waals surface area contributed by atoms with Gasteiger partial charge in [-0.15, -0.1) is 0 Å². The lowest BCUT2D eigenvalue weighted by molar-refractivity contribution is -0.246. The third kappa shape index (κ3) is 6.32. The molecule has 1 amide bonds. The number of benzene rings is 1. The molecule has 0 spiro atoms. The molecule has 1 aromatic rings. The summed E-state index contributed by atoms with van der Waals surface area (Å²) in [5.41, 5.74) is 0.508. The van der Waals surface area contributed by atoms with Gasteiger partial charge in [0.25, 0.3) is 0 Å². The third-order valence-corrected chi connectivity index (χ3v) is 3.00. The van der Waals surface area contributed by atoms with E-state index in [1.54, 1.807) is 24.3 Å². The SMILES string of the molecule is CCCN(C(=O)[O-])c1cccc(OCC(O)CNC(C)C)c1. The quantitative estimate of drug-likeness (QED) is 0.710. The van der Waals surface area contributed by atoms with Gasteiger partial charge in [0.1, 0.15) is 24.6 Å². The Morgan fingerprint density at radius 2 is 2.18 bits per heavy atom. The van der Waals surface area contributed by atoms with Crippen molar-refractivity contribution in [2.75, 3.05) is 24.6 Å². The first-order valence-electron chi connectivity index (χ1n) is 7.56. The van der Waals surface area contributed by atoms with Gasteiger partial charge < -0.3 is 30.0 Å². The first-order valence-corrected chi connectivity index (χ1v) is 7.56. The molecule has 0 bridgehead atoms. The van der Waals surface area contributed by atoms with Crippen molar-refractivity contribution in [3.05, 3.63) is 24.3 Å². The van der Waals surface area contributed by atoms with Gasteiger partial charge in [-0.3, -0.25) is 0 Å². The van der Waals surface area contributed by atoms with E-state index < -0.39 is 12.2 Å². The highest BCUT2D eigenvalue weighted by Crippen LogP contribution is 2.21. The Labute approximate surface area is 131 Å². The number of nitrogens with one attached hydrogen (secondary N) is 1. The first-order chi connectivity index (χ1) is 10.4. The number of hydrogen-bond acceptors (Lipinski definition) is 5. The topological polar surface area (TPSA) is 84.9 Å². The maximum atomic E-state index is 11.1. The molecular formula is C16H25N2O4-. The lowest BCUT2D eigenvalue weighted by atomic mass is 10.2. The van der Waals surface area contributed by atoms with Crippen molar-refractivity contribution in [1.82, 2.24) is 5.32 Å². The van der Waals surface area contributed by atoms with Gasteiger partial charge in [-0.1, -0.05) is 26.8 Å². The van der Waals surface area contributed by atoms with E-state index in [1.165, 1.54) is 4.90 Å². The molecule has 0 saturated heterocycles. The largest absolute Gasteiger partial charge is 0.530 e. The van der Waals surface area contributed by atoms with Crippen molar-refractivity contribution in [3.8, 4) is 5.75 Å². The van der Waals surface area contributed by atoms with E-state index in [0.717, 1.165) is 0 Å². The van der Waals surface area contributed by atoms with Crippen LogP contribution in [-0.2, 0) is 0 Å². The number of hydrogen-bond donors (Lipinski definition) is 2. The molecule has 0 saturated carbocycles. The Morgan fingerprint density at radius 3 is 2.77 bits per heavy atom. The fourth-order valence-corrected chi connectivity index (χ4v) is 1.91. The molecule has 0 fully saturated rings. The van der Waals surface area contributed by atoms with Crippen molar-refractivity contribution in [2.45, 2.75) is 39.3 Å². The second-order valence-corrected chi connectivity index (χ2v) is 5.44. The summed E-state index contributed by atoms with van der Waals surface area (Å²) in [5.74, 6) is 0.517. The van der Waals surface area contributed by atoms with Crippen molar-refractivity contribution >= 4 is 11.8 Å². The van der Waals surface area contributed by atoms with Crippen LogP contribution in [-0.4, -0.2) is 43.0 Å². The molecule has 22 heavy (non-hydrogen) atoms. The molecule has 6 heteroatoms. The Kier molecular flexibility index (Phi) is 7.70. The number of aliphatic hydroxyl groups is 1. The number of amides is 1. The number of anilines is 1. The lowest BCUT2D eigenvalue weighted by Crippen LogP contribution is -2.41. The minimum absolute atomic E-state index is 0.141. The van der Waals surface area contributed by atoms with Crippen LogP contribution in [0.15, 0.2) is 24.3 Å². The van der Waals surface area contributed by atoms with Gasteiger partial charge in [0.05, 0.1) is 0 Å². The first kappa shape index (κ1) is 18.3. The molecule has 6 nitrogen and oxygen atoms in total. The molecule has 0 aliphatic rings. The Balaban J connectivity index is 2.62. The fraction of sp³-hybridized carbons (Fsp3) is 0.562. The van der Waals surface area contributed by atoms with Crippen LogP contribution in [0.3, 0.4) is 0 Å². The van der Waals surface area contributed by atoms with Gasteiger partial charge in [-0.25, -0.2) is 0 Å². The summed E-state index contributed by atoms with van der Waals surface area (Å²) >= 11 is 0. The van der Waals surface area contributed by atoms with Crippen molar-refractivity contribution < 1.29 is 19.7 Å². The highest BCUT2D eigenvalue weighted by Gasteiger charge is 2.09. The molecule has 0 radical (unpaired) electrons. The van der Waals surface area contributed by atoms with Gasteiger partial charge in [-0.05, 0) is 18.6 Å². The summed E-state index contributed by atoms with van der Waals surface area (Å²) in [6, 6.07) is 7.06. The van der Waals surface area contributed by atoms with E-state index in [4.69, 9.17) is 4.74 Å². The Morgan fingerprint density at radius 1 is 1.45 bits per heavy atom. The lowest BCUT2D eigenvalue weighted by Gasteiger charge is -2.25. The van der Waals surface area contributed by atoms with Crippen LogP contribution in [0.5, 0.6) is 5.75 Å². The predicted octanol–water partition coefficient (Wildman–Crippen LogP) is 0.984. The Hall–Kier alpha value is -1.79. The zero-order valence-corrected chi connectivity index (χ0v) is 13.4. The number of rotatable bonds is 9. The molecule has 0 aliphatic carbocycles. The number of carbonyl (C=O) groups is 1. The second-order valence-electron chi connectivity index (χ2n) is 5.44. The van der Waals surface area contributed by atoms with Gasteiger partial charge in [-0.2, -0.15) is 0 Å². The normalized spacial score (nSPS) is 12.2. The molecule has 0 heterocycles. The second kappa shape index (κ2) is 9.27. The van der Waals surface area contributed by atoms with E-state index >= 15 is 0 Å². The standard InChI is InChI=1S/C16H26N2O4/c1-4-8-18(16(20)21)13-6-5-7-15(9-13)22-11-14(19)10-17-12(2)3/h5-7,9,12,14,17,19H,4,8,10-11H2,1-3H3,(H,20,21)/p-1. The summed E-state index contributed by atoms with van der Waals surface area (Å²) in [5, 5.41) is 24.1. The van der Waals surface area contributed by atoms with E-state index in [2.05, 4.69) is 5.32 Å². The van der Waals surface area contributed by atoms with Crippen LogP contribution in [0.25, 0.3) is 0 Å². The van der Waals surface area contributed by atoms with E-state index in [-0.39, 0.29) is 6.61 Å². The molecule has 124 valence electrons. The predicted molar refractivity (Wildman–Crippen MR) is 84.1 cm³/mol. The molecule has 1 unspecified atom stereocenters. The molecule has 1 aromatic carbocycles. The number of carboxylic acid groups (broad SMARTS) is 1. The van der Waals surface area contributed by atoms with Crippen LogP contribution in [0.1, 0.15) is 27.2 Å². The van der Waals surface area contributed by atoms with Gasteiger partial charge in [0.2, 0.25) is 0 Å². The van der Waals surface area contributed by atoms with Crippen LogP contribution in [0.4, 0.5) is 10.5 Å². The van der Waals surface area contributed by atoms with Gasteiger partial charge in [0.15, 0.2) is 0 Å². The minimum atomic E-state index is -1.24. The maximum absolute atomic E-state index is 11.1. The van der Waals surface area contributed by atoms with E-state index in [1.807, 2.05) is 20.8 Å². The summed E-state index contributed by atoms with van der Waals surface area (Å²) in [4.78, 5) is 12.3. The zero-order valence-electron chi connectivity index (χ0n) is 13.4. The summed E-state index contributed by atoms with van der Waals surface area (Å²) in [7, 11) is 0. The molecule has 0 aromatic heterocycles. The molecular weight excluding hydrogens is 284 g/mol. The summed E-state index contributed by atoms with van der Waals surface area (Å²) in [6.45, 7) is 6.85. The maximum Gasteiger partial charge on any atom is 0.141 e. The molecule has 1 rings (SSSR count). The number of carbonyl (C=O) groups excluding carboxylic acids is 1. The van der Waals surface area contributed by atoms with E-state index in [0.29, 0.717) is 37.0 Å². The number of nitrogens with zero attached hydrogens (tertiary/aromatic N) is 1. The molecule has 0 aliphatic heterocycles. The average molecular weight is 309 g/mol. The van der Waals surface area contributed by atoms with E-state index in [9.17, 15) is 15.0 Å². The average Bonchev–Trinajstić information content (AvgIpc) is 2.48. The molecule has 2 N–H and O–H groups in total. The smallest absolute Gasteiger partial charge is 0.141 e. The highest BCUT2D eigenvalue weighted by atomic mass is 16.5.